The summed E-state index contributed by atoms with van der Waals surface area (Å²) in [6.45, 7) is 0.445. The summed E-state index contributed by atoms with van der Waals surface area (Å²) in [7, 11) is 2.97. The Labute approximate surface area is 202 Å². The molecule has 1 saturated heterocycles. The highest BCUT2D eigenvalue weighted by molar-refractivity contribution is 5.79. The molecule has 3 aromatic rings. The molecular weight excluding hydrogens is 450 g/mol. The van der Waals surface area contributed by atoms with Gasteiger partial charge in [0.2, 0.25) is 12.5 Å². The number of hydrogen-bond donors (Lipinski definition) is 2. The first kappa shape index (κ1) is 21.5. The Kier molecular flexibility index (Phi) is 5.09. The maximum atomic E-state index is 13.2. The third kappa shape index (κ3) is 3.39. The first-order valence-electron chi connectivity index (χ1n) is 11.5. The molecule has 2 N–H and O–H groups in total. The molecule has 0 spiro atoms. The van der Waals surface area contributed by atoms with Gasteiger partial charge in [0.1, 0.15) is 0 Å². The first-order chi connectivity index (χ1) is 17.1. The van der Waals surface area contributed by atoms with Gasteiger partial charge in [-0.05, 0) is 53.1 Å². The van der Waals surface area contributed by atoms with Crippen LogP contribution in [0.1, 0.15) is 28.7 Å². The Morgan fingerprint density at radius 1 is 0.914 bits per heavy atom. The van der Waals surface area contributed by atoms with E-state index >= 15 is 0 Å². The Morgan fingerprint density at radius 3 is 2.23 bits per heavy atom. The predicted octanol–water partition coefficient (Wildman–Crippen LogP) is 4.23. The molecule has 1 fully saturated rings. The standard InChI is InChI=1S/C27H25NO7/c1-31-21-8-14(9-22(32-2)26(21)29)23-16-10-19-20(35-13-34-19)11-17(16)25(18-12-33-27(30)24(18)23)28-15-6-4-3-5-7-15/h3-11,18,23-25,28-29H,12-13H2,1-2H3/t18?,23?,24-,25+/m0/s1. The lowest BCUT2D eigenvalue weighted by molar-refractivity contribution is -0.141. The number of carbonyl (C=O) groups is 1. The highest BCUT2D eigenvalue weighted by Gasteiger charge is 2.52. The molecule has 0 aromatic heterocycles. The lowest BCUT2D eigenvalue weighted by Gasteiger charge is -2.40. The van der Waals surface area contributed by atoms with E-state index in [9.17, 15) is 9.90 Å². The van der Waals surface area contributed by atoms with E-state index in [1.807, 2.05) is 42.5 Å². The Morgan fingerprint density at radius 2 is 1.57 bits per heavy atom. The number of aromatic hydroxyl groups is 1. The molecule has 2 heterocycles. The SMILES string of the molecule is COc1cc(C2c3cc4c(cc3[C@@H](Nc3ccccc3)C3COC(=O)[C@H]23)OCO4)cc(OC)c1O. The minimum absolute atomic E-state index is 0.0883. The number of cyclic esters (lactones) is 1. The van der Waals surface area contributed by atoms with Gasteiger partial charge in [-0.25, -0.2) is 0 Å². The van der Waals surface area contributed by atoms with Crippen molar-refractivity contribution in [2.45, 2.75) is 12.0 Å². The van der Waals surface area contributed by atoms with Gasteiger partial charge in [-0.2, -0.15) is 0 Å². The van der Waals surface area contributed by atoms with Crippen LogP contribution in [0.5, 0.6) is 28.7 Å². The summed E-state index contributed by atoms with van der Waals surface area (Å²) in [5, 5.41) is 14.1. The van der Waals surface area contributed by atoms with E-state index in [-0.39, 0.29) is 47.9 Å². The van der Waals surface area contributed by atoms with Crippen LogP contribution >= 0.6 is 0 Å². The first-order valence-corrected chi connectivity index (χ1v) is 11.5. The second-order valence-electron chi connectivity index (χ2n) is 8.89. The molecule has 8 nitrogen and oxygen atoms in total. The molecule has 1 aliphatic carbocycles. The molecule has 3 aromatic carbocycles. The van der Waals surface area contributed by atoms with Gasteiger partial charge in [0.05, 0.1) is 32.8 Å². The van der Waals surface area contributed by atoms with E-state index in [4.69, 9.17) is 23.7 Å². The topological polar surface area (TPSA) is 95.5 Å². The van der Waals surface area contributed by atoms with Crippen molar-refractivity contribution in [2.75, 3.05) is 32.9 Å². The second-order valence-corrected chi connectivity index (χ2v) is 8.89. The number of phenolic OH excluding ortho intramolecular Hbond substituents is 1. The zero-order valence-electron chi connectivity index (χ0n) is 19.3. The van der Waals surface area contributed by atoms with Crippen molar-refractivity contribution in [2.24, 2.45) is 11.8 Å². The maximum Gasteiger partial charge on any atom is 0.310 e. The lowest BCUT2D eigenvalue weighted by atomic mass is 9.65. The third-order valence-corrected chi connectivity index (χ3v) is 7.14. The van der Waals surface area contributed by atoms with Gasteiger partial charge < -0.3 is 34.1 Å². The summed E-state index contributed by atoms with van der Waals surface area (Å²) in [6.07, 6.45) is 0. The summed E-state index contributed by atoms with van der Waals surface area (Å²) in [5.74, 6) is 0.555. The highest BCUT2D eigenvalue weighted by atomic mass is 16.7. The van der Waals surface area contributed by atoms with Gasteiger partial charge in [-0.3, -0.25) is 4.79 Å². The van der Waals surface area contributed by atoms with Crippen molar-refractivity contribution in [3.05, 3.63) is 71.3 Å². The fourth-order valence-electron chi connectivity index (χ4n) is 5.55. The van der Waals surface area contributed by atoms with Crippen LogP contribution in [0, 0.1) is 11.8 Å². The van der Waals surface area contributed by atoms with E-state index in [2.05, 4.69) is 5.32 Å². The minimum atomic E-state index is -0.456. The van der Waals surface area contributed by atoms with Crippen molar-refractivity contribution in [1.29, 1.82) is 0 Å². The molecule has 35 heavy (non-hydrogen) atoms. The number of rotatable bonds is 5. The molecule has 2 unspecified atom stereocenters. The number of benzene rings is 3. The number of hydrogen-bond acceptors (Lipinski definition) is 8. The number of fused-ring (bicyclic) bond motifs is 3. The van der Waals surface area contributed by atoms with Crippen LogP contribution in [0.25, 0.3) is 0 Å². The Balaban J connectivity index is 1.56. The summed E-state index contributed by atoms with van der Waals surface area (Å²) in [6, 6.07) is 17.2. The smallest absolute Gasteiger partial charge is 0.310 e. The number of phenols is 1. The van der Waals surface area contributed by atoms with Crippen LogP contribution in [0.15, 0.2) is 54.6 Å². The number of carbonyl (C=O) groups excluding carboxylic acids is 1. The van der Waals surface area contributed by atoms with Crippen LogP contribution in [-0.4, -0.2) is 38.7 Å². The second kappa shape index (κ2) is 8.30. The van der Waals surface area contributed by atoms with Gasteiger partial charge >= 0.3 is 5.97 Å². The number of anilines is 1. The fraction of sp³-hybridized carbons (Fsp3) is 0.296. The van der Waals surface area contributed by atoms with Crippen LogP contribution in [-0.2, 0) is 9.53 Å². The van der Waals surface area contributed by atoms with Gasteiger partial charge in [-0.1, -0.05) is 18.2 Å². The normalized spacial score (nSPS) is 23.8. The highest BCUT2D eigenvalue weighted by Crippen LogP contribution is 2.56. The van der Waals surface area contributed by atoms with E-state index in [1.165, 1.54) is 14.2 Å². The van der Waals surface area contributed by atoms with E-state index < -0.39 is 5.92 Å². The van der Waals surface area contributed by atoms with Crippen LogP contribution in [0.3, 0.4) is 0 Å². The molecule has 2 aliphatic heterocycles. The van der Waals surface area contributed by atoms with Crippen molar-refractivity contribution in [3.8, 4) is 28.7 Å². The van der Waals surface area contributed by atoms with Crippen molar-refractivity contribution in [1.82, 2.24) is 0 Å². The molecule has 3 aliphatic rings. The van der Waals surface area contributed by atoms with Gasteiger partial charge in [-0.15, -0.1) is 0 Å². The molecular formula is C27H25NO7. The summed E-state index contributed by atoms with van der Waals surface area (Å²) >= 11 is 0. The molecule has 4 atom stereocenters. The van der Waals surface area contributed by atoms with E-state index in [1.54, 1.807) is 12.1 Å². The lowest BCUT2D eigenvalue weighted by Crippen LogP contribution is -2.37. The monoisotopic (exact) mass is 475 g/mol. The quantitative estimate of drug-likeness (QED) is 0.530. The molecule has 0 amide bonds. The van der Waals surface area contributed by atoms with Gasteiger partial charge in [0.25, 0.3) is 0 Å². The predicted molar refractivity (Wildman–Crippen MR) is 126 cm³/mol. The molecule has 6 rings (SSSR count). The summed E-state index contributed by atoms with van der Waals surface area (Å²) < 4.78 is 27.9. The average Bonchev–Trinajstić information content (AvgIpc) is 3.50. The van der Waals surface area contributed by atoms with Crippen molar-refractivity contribution >= 4 is 11.7 Å². The average molecular weight is 475 g/mol. The molecule has 180 valence electrons. The van der Waals surface area contributed by atoms with Crippen LogP contribution in [0.2, 0.25) is 0 Å². The Bertz CT molecular complexity index is 1270. The number of para-hydroxylation sites is 1. The molecule has 0 bridgehead atoms. The van der Waals surface area contributed by atoms with Gasteiger partial charge in [0, 0.05) is 17.5 Å². The number of methoxy groups -OCH3 is 2. The van der Waals surface area contributed by atoms with Crippen LogP contribution < -0.4 is 24.3 Å². The number of nitrogens with one attached hydrogen (secondary N) is 1. The Hall–Kier alpha value is -4.07. The largest absolute Gasteiger partial charge is 0.502 e. The van der Waals surface area contributed by atoms with Crippen molar-refractivity contribution in [3.63, 3.8) is 0 Å². The maximum absolute atomic E-state index is 13.2. The zero-order valence-corrected chi connectivity index (χ0v) is 19.3. The van der Waals surface area contributed by atoms with Gasteiger partial charge in [0.15, 0.2) is 23.0 Å². The molecule has 0 radical (unpaired) electrons. The summed E-state index contributed by atoms with van der Waals surface area (Å²) in [5.41, 5.74) is 3.67. The minimum Gasteiger partial charge on any atom is -0.502 e. The summed E-state index contributed by atoms with van der Waals surface area (Å²) in [4.78, 5) is 13.2. The number of ether oxygens (including phenoxy) is 5. The third-order valence-electron chi connectivity index (χ3n) is 7.14. The molecule has 0 saturated carbocycles. The number of esters is 1. The van der Waals surface area contributed by atoms with Crippen LogP contribution in [0.4, 0.5) is 5.69 Å². The van der Waals surface area contributed by atoms with E-state index in [0.29, 0.717) is 18.1 Å². The molecule has 8 heteroatoms. The fourth-order valence-corrected chi connectivity index (χ4v) is 5.55. The van der Waals surface area contributed by atoms with Crippen molar-refractivity contribution < 1.29 is 33.6 Å². The van der Waals surface area contributed by atoms with E-state index in [0.717, 1.165) is 22.4 Å². The zero-order chi connectivity index (χ0) is 24.1.